The van der Waals surface area contributed by atoms with Crippen molar-refractivity contribution < 1.29 is 5.11 Å². The number of benzene rings is 1. The van der Waals surface area contributed by atoms with Gasteiger partial charge in [-0.25, -0.2) is 0 Å². The van der Waals surface area contributed by atoms with Gasteiger partial charge in [0.1, 0.15) is 5.75 Å². The molecule has 0 amide bonds. The van der Waals surface area contributed by atoms with E-state index < -0.39 is 8.07 Å². The lowest BCUT2D eigenvalue weighted by molar-refractivity contribution is 0.462. The fourth-order valence-electron chi connectivity index (χ4n) is 1.93. The zero-order chi connectivity index (χ0) is 14.8. The zero-order valence-electron chi connectivity index (χ0n) is 13.4. The Morgan fingerprint density at radius 3 is 1.95 bits per heavy atom. The number of phenolic OH excluding ortho intramolecular Hbond substituents is 1. The molecule has 1 rings (SSSR count). The smallest absolute Gasteiger partial charge is 0.119 e. The van der Waals surface area contributed by atoms with Gasteiger partial charge in [0.15, 0.2) is 0 Å². The maximum atomic E-state index is 10.2. The first-order valence-electron chi connectivity index (χ1n) is 7.11. The van der Waals surface area contributed by atoms with E-state index in [-0.39, 0.29) is 0 Å². The first-order valence-corrected chi connectivity index (χ1v) is 11.8. The van der Waals surface area contributed by atoms with Gasteiger partial charge in [-0.3, -0.25) is 0 Å². The molecular weight excluding hydrogens is 268 g/mol. The Hall–Kier alpha value is -0.413. The highest BCUT2D eigenvalue weighted by atomic mass is 32.2. The molecular formula is C16H28OSSi. The SMILES string of the molecule is CC(C)c1cc(SC[Si](C)(C)C)c(C(C)C)cc1O. The van der Waals surface area contributed by atoms with Crippen molar-refractivity contribution in [2.45, 2.75) is 64.1 Å². The molecule has 108 valence electrons. The van der Waals surface area contributed by atoms with E-state index in [0.29, 0.717) is 17.6 Å². The lowest BCUT2D eigenvalue weighted by Gasteiger charge is -2.20. The van der Waals surface area contributed by atoms with Crippen molar-refractivity contribution in [3.05, 3.63) is 23.3 Å². The highest BCUT2D eigenvalue weighted by molar-refractivity contribution is 8.01. The van der Waals surface area contributed by atoms with E-state index in [1.807, 2.05) is 17.8 Å². The van der Waals surface area contributed by atoms with Crippen LogP contribution in [0.1, 0.15) is 50.7 Å². The van der Waals surface area contributed by atoms with Gasteiger partial charge >= 0.3 is 0 Å². The fraction of sp³-hybridized carbons (Fsp3) is 0.625. The van der Waals surface area contributed by atoms with Crippen molar-refractivity contribution >= 4 is 19.8 Å². The standard InChI is InChI=1S/C16H28OSSi/c1-11(2)13-9-16(18-10-19(5,6)7)14(12(3)4)8-15(13)17/h8-9,11-12,17H,10H2,1-7H3. The number of rotatable bonds is 5. The molecule has 0 aromatic heterocycles. The highest BCUT2D eigenvalue weighted by Crippen LogP contribution is 2.37. The van der Waals surface area contributed by atoms with E-state index in [2.05, 4.69) is 53.4 Å². The van der Waals surface area contributed by atoms with Crippen LogP contribution in [-0.4, -0.2) is 18.6 Å². The minimum atomic E-state index is -1.06. The molecule has 1 nitrogen and oxygen atoms in total. The van der Waals surface area contributed by atoms with E-state index in [1.165, 1.54) is 15.8 Å². The van der Waals surface area contributed by atoms with Crippen molar-refractivity contribution in [3.63, 3.8) is 0 Å². The van der Waals surface area contributed by atoms with Crippen LogP contribution in [-0.2, 0) is 0 Å². The minimum Gasteiger partial charge on any atom is -0.508 e. The van der Waals surface area contributed by atoms with Crippen LogP contribution in [0.2, 0.25) is 19.6 Å². The summed E-state index contributed by atoms with van der Waals surface area (Å²) in [6.07, 6.45) is 0. The second kappa shape index (κ2) is 6.36. The monoisotopic (exact) mass is 296 g/mol. The van der Waals surface area contributed by atoms with Crippen LogP contribution in [0.3, 0.4) is 0 Å². The summed E-state index contributed by atoms with van der Waals surface area (Å²) < 4.78 is 0. The fourth-order valence-corrected chi connectivity index (χ4v) is 4.96. The Labute approximate surface area is 123 Å². The first kappa shape index (κ1) is 16.6. The summed E-state index contributed by atoms with van der Waals surface area (Å²) in [4.78, 5) is 1.36. The minimum absolute atomic E-state index is 0.368. The second-order valence-electron chi connectivity index (χ2n) is 7.11. The van der Waals surface area contributed by atoms with Gasteiger partial charge in [0.2, 0.25) is 0 Å². The maximum absolute atomic E-state index is 10.2. The Balaban J connectivity index is 3.14. The van der Waals surface area contributed by atoms with E-state index in [4.69, 9.17) is 0 Å². The van der Waals surface area contributed by atoms with Gasteiger partial charge in [-0.15, -0.1) is 11.8 Å². The van der Waals surface area contributed by atoms with Gasteiger partial charge in [-0.2, -0.15) is 0 Å². The molecule has 19 heavy (non-hydrogen) atoms. The van der Waals surface area contributed by atoms with Crippen molar-refractivity contribution in [1.29, 1.82) is 0 Å². The predicted octanol–water partition coefficient (Wildman–Crippen LogP) is 5.61. The van der Waals surface area contributed by atoms with Gasteiger partial charge < -0.3 is 5.11 Å². The summed E-state index contributed by atoms with van der Waals surface area (Å²) in [5, 5.41) is 11.4. The molecule has 0 atom stereocenters. The van der Waals surface area contributed by atoms with Gasteiger partial charge in [-0.1, -0.05) is 47.3 Å². The average Bonchev–Trinajstić information content (AvgIpc) is 2.25. The lowest BCUT2D eigenvalue weighted by Crippen LogP contribution is -2.23. The Kier molecular flexibility index (Phi) is 5.57. The second-order valence-corrected chi connectivity index (χ2v) is 14.1. The molecule has 3 heteroatoms. The number of aromatic hydroxyl groups is 1. The maximum Gasteiger partial charge on any atom is 0.119 e. The molecule has 1 aromatic rings. The largest absolute Gasteiger partial charge is 0.508 e. The molecule has 0 radical (unpaired) electrons. The molecule has 0 aliphatic carbocycles. The molecule has 0 saturated heterocycles. The predicted molar refractivity (Wildman–Crippen MR) is 90.4 cm³/mol. The number of hydrogen-bond donors (Lipinski definition) is 1. The van der Waals surface area contributed by atoms with Crippen LogP contribution >= 0.6 is 11.8 Å². The molecule has 1 N–H and O–H groups in total. The normalized spacial score (nSPS) is 12.5. The van der Waals surface area contributed by atoms with Crippen molar-refractivity contribution in [1.82, 2.24) is 0 Å². The van der Waals surface area contributed by atoms with Crippen LogP contribution in [0.15, 0.2) is 17.0 Å². The first-order chi connectivity index (χ1) is 8.61. The van der Waals surface area contributed by atoms with E-state index in [0.717, 1.165) is 5.56 Å². The van der Waals surface area contributed by atoms with E-state index in [1.54, 1.807) is 0 Å². The average molecular weight is 297 g/mol. The third kappa shape index (κ3) is 4.88. The van der Waals surface area contributed by atoms with E-state index >= 15 is 0 Å². The molecule has 0 fully saturated rings. The topological polar surface area (TPSA) is 20.2 Å². The van der Waals surface area contributed by atoms with Crippen LogP contribution in [0.4, 0.5) is 0 Å². The van der Waals surface area contributed by atoms with Gasteiger partial charge in [0, 0.05) is 4.90 Å². The van der Waals surface area contributed by atoms with Gasteiger partial charge in [0.25, 0.3) is 0 Å². The Morgan fingerprint density at radius 1 is 1.00 bits per heavy atom. The summed E-state index contributed by atoms with van der Waals surface area (Å²) in [6, 6.07) is 4.19. The molecule has 0 spiro atoms. The summed E-state index contributed by atoms with van der Waals surface area (Å²) in [7, 11) is -1.06. The summed E-state index contributed by atoms with van der Waals surface area (Å²) >= 11 is 1.97. The van der Waals surface area contributed by atoms with Crippen molar-refractivity contribution in [2.24, 2.45) is 0 Å². The van der Waals surface area contributed by atoms with Crippen LogP contribution in [0, 0.1) is 0 Å². The van der Waals surface area contributed by atoms with Crippen LogP contribution in [0.25, 0.3) is 0 Å². The molecule has 0 saturated carbocycles. The van der Waals surface area contributed by atoms with Crippen molar-refractivity contribution in [3.8, 4) is 5.75 Å². The Morgan fingerprint density at radius 2 is 1.53 bits per heavy atom. The number of hydrogen-bond acceptors (Lipinski definition) is 2. The van der Waals surface area contributed by atoms with Gasteiger partial charge in [0.05, 0.1) is 8.07 Å². The van der Waals surface area contributed by atoms with Gasteiger partial charge in [-0.05, 0) is 40.5 Å². The number of thioether (sulfide) groups is 1. The summed E-state index contributed by atoms with van der Waals surface area (Å²) in [6.45, 7) is 15.9. The third-order valence-corrected chi connectivity index (χ3v) is 7.77. The molecule has 1 aromatic carbocycles. The molecule has 0 heterocycles. The number of phenols is 1. The highest BCUT2D eigenvalue weighted by Gasteiger charge is 2.18. The third-order valence-electron chi connectivity index (χ3n) is 3.06. The quantitative estimate of drug-likeness (QED) is 0.563. The van der Waals surface area contributed by atoms with E-state index in [9.17, 15) is 5.11 Å². The Bertz CT molecular complexity index is 433. The van der Waals surface area contributed by atoms with Crippen LogP contribution < -0.4 is 0 Å². The zero-order valence-corrected chi connectivity index (χ0v) is 15.2. The summed E-state index contributed by atoms with van der Waals surface area (Å²) in [5.41, 5.74) is 2.35. The molecule has 0 aliphatic rings. The molecule has 0 aliphatic heterocycles. The lowest BCUT2D eigenvalue weighted by atomic mass is 9.96. The summed E-state index contributed by atoms with van der Waals surface area (Å²) in [5.74, 6) is 1.28. The van der Waals surface area contributed by atoms with Crippen LogP contribution in [0.5, 0.6) is 5.75 Å². The van der Waals surface area contributed by atoms with Crippen molar-refractivity contribution in [2.75, 3.05) is 5.38 Å². The molecule has 0 unspecified atom stereocenters. The molecule has 0 bridgehead atoms.